The summed E-state index contributed by atoms with van der Waals surface area (Å²) in [5, 5.41) is 18.3. The van der Waals surface area contributed by atoms with Crippen molar-refractivity contribution in [2.75, 3.05) is 0 Å². The zero-order valence-electron chi connectivity index (χ0n) is 6.70. The maximum atomic E-state index is 8.80. The Balaban J connectivity index is 2.96. The molecule has 0 aliphatic rings. The average molecular weight is 167 g/mol. The topological polar surface area (TPSA) is 63.4 Å². The van der Waals surface area contributed by atoms with Gasteiger partial charge in [0.2, 0.25) is 0 Å². The lowest BCUT2D eigenvalue weighted by Crippen LogP contribution is -1.77. The first-order valence-corrected chi connectivity index (χ1v) is 3.77. The van der Waals surface area contributed by atoms with Gasteiger partial charge in [-0.1, -0.05) is 6.07 Å². The summed E-state index contributed by atoms with van der Waals surface area (Å²) in [5.41, 5.74) is 1.89. The second-order valence-corrected chi connectivity index (χ2v) is 2.65. The molecule has 3 nitrogen and oxygen atoms in total. The lowest BCUT2D eigenvalue weighted by Gasteiger charge is -1.91. The molecular formula is C10H5N3. The van der Waals surface area contributed by atoms with Crippen LogP contribution in [-0.2, 0) is 0 Å². The molecule has 60 valence electrons. The molecule has 1 heterocycles. The molecule has 0 atom stereocenters. The largest absolute Gasteiger partial charge is 0.360 e. The Kier molecular flexibility index (Phi) is 1.51. The first-order chi connectivity index (χ1) is 6.36. The van der Waals surface area contributed by atoms with Crippen LogP contribution in [0.25, 0.3) is 10.9 Å². The molecule has 0 amide bonds. The van der Waals surface area contributed by atoms with Crippen molar-refractivity contribution >= 4 is 10.9 Å². The minimum atomic E-state index is 0.521. The molecule has 2 rings (SSSR count). The lowest BCUT2D eigenvalue weighted by molar-refractivity contribution is 1.45. The van der Waals surface area contributed by atoms with Crippen molar-refractivity contribution in [3.8, 4) is 12.1 Å². The van der Waals surface area contributed by atoms with E-state index in [-0.39, 0.29) is 0 Å². The number of nitrogens with zero attached hydrogens (tertiary/aromatic N) is 2. The van der Waals surface area contributed by atoms with E-state index in [4.69, 9.17) is 10.5 Å². The van der Waals surface area contributed by atoms with Crippen LogP contribution in [0.3, 0.4) is 0 Å². The van der Waals surface area contributed by atoms with Gasteiger partial charge in [-0.25, -0.2) is 0 Å². The van der Waals surface area contributed by atoms with Crippen molar-refractivity contribution < 1.29 is 0 Å². The van der Waals surface area contributed by atoms with Gasteiger partial charge < -0.3 is 4.98 Å². The van der Waals surface area contributed by atoms with Gasteiger partial charge in [-0.15, -0.1) is 0 Å². The van der Waals surface area contributed by atoms with Crippen molar-refractivity contribution in [2.24, 2.45) is 0 Å². The molecule has 0 aliphatic carbocycles. The van der Waals surface area contributed by atoms with Gasteiger partial charge in [-0.05, 0) is 12.1 Å². The van der Waals surface area contributed by atoms with Crippen LogP contribution >= 0.6 is 0 Å². The summed E-state index contributed by atoms with van der Waals surface area (Å²) < 4.78 is 0. The van der Waals surface area contributed by atoms with Crippen LogP contribution in [-0.4, -0.2) is 4.98 Å². The Labute approximate surface area is 74.8 Å². The van der Waals surface area contributed by atoms with Crippen molar-refractivity contribution in [1.29, 1.82) is 10.5 Å². The van der Waals surface area contributed by atoms with E-state index in [0.29, 0.717) is 16.5 Å². The molecule has 0 bridgehead atoms. The van der Waals surface area contributed by atoms with E-state index in [2.05, 4.69) is 11.1 Å². The number of H-pyrrole nitrogens is 1. The summed E-state index contributed by atoms with van der Waals surface area (Å²) in [6.45, 7) is 0. The highest BCUT2D eigenvalue weighted by Crippen LogP contribution is 2.20. The zero-order valence-corrected chi connectivity index (χ0v) is 6.70. The molecule has 0 aliphatic heterocycles. The second kappa shape index (κ2) is 2.66. The summed E-state index contributed by atoms with van der Waals surface area (Å²) in [5.74, 6) is 0. The highest BCUT2D eigenvalue weighted by atomic mass is 14.7. The third-order valence-electron chi connectivity index (χ3n) is 1.95. The molecule has 0 fully saturated rings. The monoisotopic (exact) mass is 167 g/mol. The third-order valence-corrected chi connectivity index (χ3v) is 1.95. The van der Waals surface area contributed by atoms with Crippen LogP contribution < -0.4 is 0 Å². The van der Waals surface area contributed by atoms with E-state index < -0.39 is 0 Å². The second-order valence-electron chi connectivity index (χ2n) is 2.65. The highest BCUT2D eigenvalue weighted by Gasteiger charge is 2.06. The van der Waals surface area contributed by atoms with Gasteiger partial charge >= 0.3 is 0 Å². The number of nitriles is 2. The minimum absolute atomic E-state index is 0.521. The predicted octanol–water partition coefficient (Wildman–Crippen LogP) is 1.91. The van der Waals surface area contributed by atoms with Crippen molar-refractivity contribution in [2.45, 2.75) is 0 Å². The number of fused-ring (bicyclic) bond motifs is 1. The smallest absolute Gasteiger partial charge is 0.101 e. The van der Waals surface area contributed by atoms with E-state index in [9.17, 15) is 0 Å². The average Bonchev–Trinajstić information content (AvgIpc) is 2.60. The van der Waals surface area contributed by atoms with Gasteiger partial charge in [0.05, 0.1) is 17.2 Å². The molecule has 0 saturated carbocycles. The molecule has 1 N–H and O–H groups in total. The van der Waals surface area contributed by atoms with Gasteiger partial charge in [0.1, 0.15) is 6.07 Å². The Morgan fingerprint density at radius 2 is 1.85 bits per heavy atom. The Hall–Kier alpha value is -2.26. The SMILES string of the molecule is N#Cc1cccc2[nH]cc(C#N)c12. The maximum absolute atomic E-state index is 8.80. The fourth-order valence-corrected chi connectivity index (χ4v) is 1.37. The van der Waals surface area contributed by atoms with Crippen LogP contribution in [0.2, 0.25) is 0 Å². The van der Waals surface area contributed by atoms with Crippen LogP contribution in [0.1, 0.15) is 11.1 Å². The first kappa shape index (κ1) is 7.39. The molecular weight excluding hydrogens is 162 g/mol. The van der Waals surface area contributed by atoms with Crippen LogP contribution in [0.4, 0.5) is 0 Å². The van der Waals surface area contributed by atoms with Crippen molar-refractivity contribution in [3.05, 3.63) is 35.5 Å². The fourth-order valence-electron chi connectivity index (χ4n) is 1.37. The molecule has 1 aromatic heterocycles. The minimum Gasteiger partial charge on any atom is -0.360 e. The van der Waals surface area contributed by atoms with Crippen molar-refractivity contribution in [1.82, 2.24) is 4.98 Å². The lowest BCUT2D eigenvalue weighted by atomic mass is 10.1. The standard InChI is InChI=1S/C10H5N3/c11-4-7-2-1-3-9-10(7)8(5-12)6-13-9/h1-3,6,13H. The van der Waals surface area contributed by atoms with E-state index in [1.54, 1.807) is 18.3 Å². The summed E-state index contributed by atoms with van der Waals surface area (Å²) in [6.07, 6.45) is 1.62. The summed E-state index contributed by atoms with van der Waals surface area (Å²) in [4.78, 5) is 2.94. The quantitative estimate of drug-likeness (QED) is 0.651. The number of hydrogen-bond acceptors (Lipinski definition) is 2. The van der Waals surface area contributed by atoms with Crippen LogP contribution in [0.5, 0.6) is 0 Å². The fraction of sp³-hybridized carbons (Fsp3) is 0. The van der Waals surface area contributed by atoms with E-state index in [1.165, 1.54) is 0 Å². The van der Waals surface area contributed by atoms with Gasteiger partial charge in [0.25, 0.3) is 0 Å². The number of benzene rings is 1. The zero-order chi connectivity index (χ0) is 9.26. The van der Waals surface area contributed by atoms with Crippen LogP contribution in [0, 0.1) is 22.7 Å². The molecule has 2 aromatic rings. The van der Waals surface area contributed by atoms with Crippen molar-refractivity contribution in [3.63, 3.8) is 0 Å². The van der Waals surface area contributed by atoms with E-state index >= 15 is 0 Å². The number of rotatable bonds is 0. The van der Waals surface area contributed by atoms with Gasteiger partial charge in [-0.3, -0.25) is 0 Å². The molecule has 0 unspecified atom stereocenters. The van der Waals surface area contributed by atoms with E-state index in [1.807, 2.05) is 12.1 Å². The maximum Gasteiger partial charge on any atom is 0.101 e. The number of nitrogens with one attached hydrogen (secondary N) is 1. The Morgan fingerprint density at radius 3 is 2.54 bits per heavy atom. The summed E-state index contributed by atoms with van der Waals surface area (Å²) >= 11 is 0. The summed E-state index contributed by atoms with van der Waals surface area (Å²) in [7, 11) is 0. The Bertz CT molecular complexity index is 537. The molecule has 13 heavy (non-hydrogen) atoms. The number of hydrogen-bond donors (Lipinski definition) is 1. The molecule has 1 aromatic carbocycles. The predicted molar refractivity (Wildman–Crippen MR) is 47.7 cm³/mol. The molecule has 0 saturated heterocycles. The highest BCUT2D eigenvalue weighted by molar-refractivity contribution is 5.90. The first-order valence-electron chi connectivity index (χ1n) is 3.77. The molecule has 3 heteroatoms. The summed E-state index contributed by atoms with van der Waals surface area (Å²) in [6, 6.07) is 9.44. The van der Waals surface area contributed by atoms with Gasteiger partial charge in [0.15, 0.2) is 0 Å². The van der Waals surface area contributed by atoms with E-state index in [0.717, 1.165) is 5.52 Å². The normalized spacial score (nSPS) is 9.38. The Morgan fingerprint density at radius 1 is 1.08 bits per heavy atom. The van der Waals surface area contributed by atoms with Crippen LogP contribution in [0.15, 0.2) is 24.4 Å². The van der Waals surface area contributed by atoms with Gasteiger partial charge in [0, 0.05) is 17.1 Å². The molecule has 0 radical (unpaired) electrons. The van der Waals surface area contributed by atoms with Gasteiger partial charge in [-0.2, -0.15) is 10.5 Å². The third kappa shape index (κ3) is 0.953. The number of aromatic nitrogens is 1. The number of aromatic amines is 1. The molecule has 0 spiro atoms.